The van der Waals surface area contributed by atoms with Crippen molar-refractivity contribution in [3.05, 3.63) is 44.6 Å². The molecule has 90 valence electrons. The second-order valence-corrected chi connectivity index (χ2v) is 4.95. The summed E-state index contributed by atoms with van der Waals surface area (Å²) in [5.41, 5.74) is 1.54. The zero-order valence-electron chi connectivity index (χ0n) is 8.88. The van der Waals surface area contributed by atoms with Crippen LogP contribution in [0.25, 0.3) is 5.69 Å². The minimum Gasteiger partial charge on any atom is -0.291 e. The molecule has 0 saturated heterocycles. The lowest BCUT2D eigenvalue weighted by atomic mass is 10.2. The van der Waals surface area contributed by atoms with Crippen LogP contribution < -0.4 is 0 Å². The van der Waals surface area contributed by atoms with Crippen molar-refractivity contribution in [3.8, 4) is 5.69 Å². The van der Waals surface area contributed by atoms with Crippen LogP contribution in [-0.4, -0.2) is 9.78 Å². The second-order valence-electron chi connectivity index (χ2n) is 3.62. The maximum atomic E-state index is 12.5. The smallest absolute Gasteiger partial charge is 0.279 e. The molecule has 0 radical (unpaired) electrons. The lowest BCUT2D eigenvalue weighted by molar-refractivity contribution is 0.145. The molecule has 1 N–H and O–H groups in total. The van der Waals surface area contributed by atoms with E-state index in [1.807, 2.05) is 25.1 Å². The molecule has 0 spiro atoms. The van der Waals surface area contributed by atoms with E-state index in [1.165, 1.54) is 10.7 Å². The number of hydrogen-bond donors (Lipinski definition) is 1. The molecule has 0 unspecified atom stereocenters. The predicted octanol–water partition coefficient (Wildman–Crippen LogP) is 4.54. The summed E-state index contributed by atoms with van der Waals surface area (Å²) in [7, 11) is 0. The molecule has 2 nitrogen and oxygen atoms in total. The van der Waals surface area contributed by atoms with Crippen LogP contribution in [0.1, 0.15) is 17.7 Å². The van der Waals surface area contributed by atoms with E-state index >= 15 is 0 Å². The van der Waals surface area contributed by atoms with E-state index in [-0.39, 0.29) is 5.69 Å². The monoisotopic (exact) mass is 318 g/mol. The zero-order valence-corrected chi connectivity index (χ0v) is 11.3. The van der Waals surface area contributed by atoms with E-state index in [4.69, 9.17) is 12.2 Å². The van der Waals surface area contributed by atoms with Crippen LogP contribution in [0, 0.1) is 11.6 Å². The normalized spacial score (nSPS) is 11.1. The van der Waals surface area contributed by atoms with E-state index in [2.05, 4.69) is 21.0 Å². The maximum absolute atomic E-state index is 12.5. The van der Waals surface area contributed by atoms with Crippen LogP contribution in [0.5, 0.6) is 0 Å². The fraction of sp³-hybridized carbons (Fsp3) is 0.182. The molecular weight excluding hydrogens is 310 g/mol. The second kappa shape index (κ2) is 4.70. The van der Waals surface area contributed by atoms with E-state index in [0.29, 0.717) is 4.64 Å². The van der Waals surface area contributed by atoms with Crippen molar-refractivity contribution in [1.29, 1.82) is 0 Å². The molecule has 0 atom stereocenters. The fourth-order valence-electron chi connectivity index (χ4n) is 1.57. The number of aromatic amines is 1. The van der Waals surface area contributed by atoms with Crippen molar-refractivity contribution in [2.75, 3.05) is 0 Å². The Morgan fingerprint density at radius 2 is 2.06 bits per heavy atom. The van der Waals surface area contributed by atoms with Crippen molar-refractivity contribution in [2.45, 2.75) is 13.3 Å². The Morgan fingerprint density at radius 1 is 1.35 bits per heavy atom. The lowest BCUT2D eigenvalue weighted by Gasteiger charge is -2.07. The first-order valence-corrected chi connectivity index (χ1v) is 6.06. The quantitative estimate of drug-likeness (QED) is 0.806. The minimum absolute atomic E-state index is 0.169. The van der Waals surface area contributed by atoms with Gasteiger partial charge in [-0.2, -0.15) is 0 Å². The van der Waals surface area contributed by atoms with Crippen LogP contribution in [0.3, 0.4) is 0 Å². The molecule has 0 aliphatic carbocycles. The number of rotatable bonds is 2. The molecule has 2 aromatic rings. The molecule has 0 bridgehead atoms. The van der Waals surface area contributed by atoms with Crippen molar-refractivity contribution in [2.24, 2.45) is 0 Å². The Morgan fingerprint density at radius 3 is 2.59 bits per heavy atom. The highest BCUT2D eigenvalue weighted by molar-refractivity contribution is 9.10. The van der Waals surface area contributed by atoms with Crippen LogP contribution in [0.4, 0.5) is 8.78 Å². The largest absolute Gasteiger partial charge is 0.291 e. The van der Waals surface area contributed by atoms with Gasteiger partial charge in [-0.1, -0.05) is 28.1 Å². The average Bonchev–Trinajstić information content (AvgIpc) is 2.61. The van der Waals surface area contributed by atoms with Gasteiger partial charge in [0.2, 0.25) is 0 Å². The maximum Gasteiger partial charge on any atom is 0.279 e. The Hall–Kier alpha value is -1.01. The van der Waals surface area contributed by atoms with Gasteiger partial charge < -0.3 is 0 Å². The summed E-state index contributed by atoms with van der Waals surface area (Å²) in [6.45, 7) is 1.89. The van der Waals surface area contributed by atoms with Gasteiger partial charge in [-0.15, -0.1) is 0 Å². The summed E-state index contributed by atoms with van der Waals surface area (Å²) in [6, 6.07) is 6.84. The van der Waals surface area contributed by atoms with Crippen LogP contribution in [0.15, 0.2) is 28.7 Å². The van der Waals surface area contributed by atoms with E-state index in [0.717, 1.165) is 15.7 Å². The lowest BCUT2D eigenvalue weighted by Crippen LogP contribution is -2.00. The Balaban J connectivity index is 2.57. The van der Waals surface area contributed by atoms with Crippen molar-refractivity contribution < 1.29 is 8.78 Å². The van der Waals surface area contributed by atoms with Gasteiger partial charge in [0.05, 0.1) is 5.69 Å². The molecule has 0 aliphatic heterocycles. The van der Waals surface area contributed by atoms with Gasteiger partial charge in [0.15, 0.2) is 0 Å². The summed E-state index contributed by atoms with van der Waals surface area (Å²) in [4.78, 5) is 0. The van der Waals surface area contributed by atoms with Gasteiger partial charge in [0, 0.05) is 10.5 Å². The van der Waals surface area contributed by atoms with E-state index in [9.17, 15) is 8.78 Å². The number of nitrogens with zero attached hydrogens (tertiary/aromatic N) is 1. The zero-order chi connectivity index (χ0) is 12.6. The van der Waals surface area contributed by atoms with Gasteiger partial charge in [-0.05, 0) is 30.7 Å². The predicted molar refractivity (Wildman–Crippen MR) is 68.3 cm³/mol. The minimum atomic E-state index is -2.55. The van der Waals surface area contributed by atoms with Crippen LogP contribution >= 0.6 is 28.1 Å². The Labute approximate surface area is 110 Å². The molecule has 0 amide bonds. The van der Waals surface area contributed by atoms with Crippen molar-refractivity contribution in [3.63, 3.8) is 0 Å². The number of aromatic nitrogens is 2. The molecule has 0 fully saturated rings. The first kappa shape index (κ1) is 12.4. The third kappa shape index (κ3) is 2.47. The SMILES string of the molecule is Cc1cc(Br)ccc1-n1[nH]c(C(F)F)cc1=S. The number of benzene rings is 1. The summed E-state index contributed by atoms with van der Waals surface area (Å²) in [6.07, 6.45) is -2.55. The van der Waals surface area contributed by atoms with Crippen LogP contribution in [-0.2, 0) is 0 Å². The van der Waals surface area contributed by atoms with Gasteiger partial charge >= 0.3 is 0 Å². The van der Waals surface area contributed by atoms with E-state index < -0.39 is 6.43 Å². The molecule has 17 heavy (non-hydrogen) atoms. The highest BCUT2D eigenvalue weighted by Crippen LogP contribution is 2.22. The third-order valence-corrected chi connectivity index (χ3v) is 3.17. The van der Waals surface area contributed by atoms with Crippen LogP contribution in [0.2, 0.25) is 0 Å². The van der Waals surface area contributed by atoms with Gasteiger partial charge in [-0.25, -0.2) is 13.5 Å². The molecule has 0 aliphatic rings. The summed E-state index contributed by atoms with van der Waals surface area (Å²) < 4.78 is 27.8. The highest BCUT2D eigenvalue weighted by Gasteiger charge is 2.12. The number of aryl methyl sites for hydroxylation is 1. The fourth-order valence-corrected chi connectivity index (χ4v) is 2.32. The summed E-state index contributed by atoms with van der Waals surface area (Å²) in [5.74, 6) is 0. The number of halogens is 3. The topological polar surface area (TPSA) is 20.7 Å². The highest BCUT2D eigenvalue weighted by atomic mass is 79.9. The first-order valence-electron chi connectivity index (χ1n) is 4.85. The van der Waals surface area contributed by atoms with Crippen molar-refractivity contribution >= 4 is 28.1 Å². The third-order valence-electron chi connectivity index (χ3n) is 2.38. The molecule has 1 aromatic carbocycles. The van der Waals surface area contributed by atoms with Gasteiger partial charge in [0.1, 0.15) is 10.3 Å². The molecule has 1 aromatic heterocycles. The van der Waals surface area contributed by atoms with Crippen molar-refractivity contribution in [1.82, 2.24) is 9.78 Å². The Bertz CT molecular complexity index is 604. The standard InChI is InChI=1S/C11H9BrF2N2S/c1-6-4-7(12)2-3-9(6)16-10(17)5-8(15-16)11(13)14/h2-5,11,15H,1H3. The molecule has 1 heterocycles. The molecule has 0 saturated carbocycles. The molecule has 2 rings (SSSR count). The summed E-state index contributed by atoms with van der Waals surface area (Å²) in [5, 5.41) is 2.60. The summed E-state index contributed by atoms with van der Waals surface area (Å²) >= 11 is 8.40. The molecule has 6 heteroatoms. The van der Waals surface area contributed by atoms with E-state index in [1.54, 1.807) is 0 Å². The van der Waals surface area contributed by atoms with Gasteiger partial charge in [0.25, 0.3) is 6.43 Å². The number of nitrogens with one attached hydrogen (secondary N) is 1. The number of hydrogen-bond acceptors (Lipinski definition) is 1. The number of H-pyrrole nitrogens is 1. The van der Waals surface area contributed by atoms with Gasteiger partial charge in [-0.3, -0.25) is 5.10 Å². The first-order chi connectivity index (χ1) is 7.99. The Kier molecular flexibility index (Phi) is 3.44. The molecular formula is C11H9BrF2N2S. The average molecular weight is 319 g/mol. The number of alkyl halides is 2.